The summed E-state index contributed by atoms with van der Waals surface area (Å²) in [5.74, 6) is 0. The van der Waals surface area contributed by atoms with E-state index in [0.29, 0.717) is 5.11 Å². The monoisotopic (exact) mass is 438 g/mol. The quantitative estimate of drug-likeness (QED) is 0.398. The summed E-state index contributed by atoms with van der Waals surface area (Å²) in [7, 11) is 0. The highest BCUT2D eigenvalue weighted by atomic mass is 32.1. The van der Waals surface area contributed by atoms with Crippen LogP contribution in [-0.4, -0.2) is 14.7 Å². The topological polar surface area (TPSA) is 33.1 Å². The van der Waals surface area contributed by atoms with Gasteiger partial charge in [0.25, 0.3) is 0 Å². The van der Waals surface area contributed by atoms with Gasteiger partial charge in [0.1, 0.15) is 6.04 Å². The van der Waals surface area contributed by atoms with Crippen molar-refractivity contribution in [3.63, 3.8) is 0 Å². The molecule has 1 fully saturated rings. The Morgan fingerprint density at radius 2 is 1.66 bits per heavy atom. The van der Waals surface area contributed by atoms with Crippen LogP contribution < -0.4 is 10.2 Å². The molecule has 0 saturated carbocycles. The maximum absolute atomic E-state index is 5.89. The molecule has 1 N–H and O–H groups in total. The Hall–Kier alpha value is -3.44. The first-order valence-electron chi connectivity index (χ1n) is 10.9. The average molecular weight is 439 g/mol. The van der Waals surface area contributed by atoms with Gasteiger partial charge in [0.15, 0.2) is 5.11 Å². The Morgan fingerprint density at radius 3 is 2.41 bits per heavy atom. The molecule has 2 atom stereocenters. The number of benzene rings is 2. The van der Waals surface area contributed by atoms with Crippen LogP contribution in [0.5, 0.6) is 0 Å². The molecule has 0 spiro atoms. The summed E-state index contributed by atoms with van der Waals surface area (Å²) < 4.78 is 2.28. The number of anilines is 1. The number of thiocarbonyl (C=S) groups is 1. The van der Waals surface area contributed by atoms with Gasteiger partial charge in [-0.05, 0) is 92.1 Å². The summed E-state index contributed by atoms with van der Waals surface area (Å²) in [6, 6.07) is 25.2. The van der Waals surface area contributed by atoms with Crippen LogP contribution in [0.3, 0.4) is 0 Å². The van der Waals surface area contributed by atoms with E-state index in [2.05, 4.69) is 107 Å². The number of hydrogen-bond acceptors (Lipinski definition) is 2. The van der Waals surface area contributed by atoms with Crippen molar-refractivity contribution in [1.29, 1.82) is 0 Å². The standard InChI is InChI=1S/C27H26N4S/c1-18-13-14-21(17-20(18)3)31-26(25(29-27(31)32)22-10-6-7-15-28-22)24-12-8-16-30(24)23-11-5-4-9-19(23)2/h4-17,25-26H,1-3H3,(H,29,32)/t25-,26+/m1/s1. The Kier molecular flexibility index (Phi) is 5.27. The van der Waals surface area contributed by atoms with Crippen LogP contribution >= 0.6 is 12.2 Å². The Bertz CT molecular complexity index is 1280. The van der Waals surface area contributed by atoms with Crippen molar-refractivity contribution in [2.24, 2.45) is 0 Å². The van der Waals surface area contributed by atoms with Crippen molar-refractivity contribution in [2.45, 2.75) is 32.9 Å². The van der Waals surface area contributed by atoms with E-state index in [1.54, 1.807) is 0 Å². The van der Waals surface area contributed by atoms with E-state index < -0.39 is 0 Å². The molecule has 1 saturated heterocycles. The number of rotatable bonds is 4. The van der Waals surface area contributed by atoms with E-state index in [1.165, 1.54) is 28.1 Å². The van der Waals surface area contributed by atoms with Crippen molar-refractivity contribution in [3.8, 4) is 5.69 Å². The zero-order chi connectivity index (χ0) is 22.2. The number of nitrogens with zero attached hydrogens (tertiary/aromatic N) is 3. The van der Waals surface area contributed by atoms with Gasteiger partial charge in [-0.1, -0.05) is 30.3 Å². The third kappa shape index (κ3) is 3.49. The van der Waals surface area contributed by atoms with Crippen molar-refractivity contribution in [1.82, 2.24) is 14.9 Å². The van der Waals surface area contributed by atoms with Gasteiger partial charge >= 0.3 is 0 Å². The lowest BCUT2D eigenvalue weighted by atomic mass is 10.00. The molecule has 1 aliphatic heterocycles. The predicted molar refractivity (Wildman–Crippen MR) is 134 cm³/mol. The van der Waals surface area contributed by atoms with Gasteiger partial charge in [-0.15, -0.1) is 0 Å². The van der Waals surface area contributed by atoms with E-state index in [1.807, 2.05) is 18.3 Å². The first kappa shape index (κ1) is 20.5. The lowest BCUT2D eigenvalue weighted by molar-refractivity contribution is 0.549. The van der Waals surface area contributed by atoms with E-state index in [-0.39, 0.29) is 12.1 Å². The summed E-state index contributed by atoms with van der Waals surface area (Å²) in [5.41, 5.74) is 8.15. The molecule has 0 unspecified atom stereocenters. The van der Waals surface area contributed by atoms with Crippen molar-refractivity contribution < 1.29 is 0 Å². The van der Waals surface area contributed by atoms with Crippen LogP contribution in [0.1, 0.15) is 40.2 Å². The molecule has 5 rings (SSSR count). The molecule has 5 heteroatoms. The minimum atomic E-state index is -0.0667. The molecule has 0 amide bonds. The van der Waals surface area contributed by atoms with Gasteiger partial charge in [0, 0.05) is 29.5 Å². The largest absolute Gasteiger partial charge is 0.351 e. The van der Waals surface area contributed by atoms with Crippen molar-refractivity contribution >= 4 is 23.0 Å². The molecule has 0 radical (unpaired) electrons. The van der Waals surface area contributed by atoms with Gasteiger partial charge in [-0.25, -0.2) is 0 Å². The third-order valence-electron chi connectivity index (χ3n) is 6.33. The highest BCUT2D eigenvalue weighted by molar-refractivity contribution is 7.80. The fraction of sp³-hybridized carbons (Fsp3) is 0.185. The Balaban J connectivity index is 1.69. The van der Waals surface area contributed by atoms with Crippen LogP contribution in [-0.2, 0) is 0 Å². The third-order valence-corrected chi connectivity index (χ3v) is 6.64. The summed E-state index contributed by atoms with van der Waals surface area (Å²) in [6.07, 6.45) is 3.98. The number of nitrogens with one attached hydrogen (secondary N) is 1. The molecule has 1 aliphatic rings. The summed E-state index contributed by atoms with van der Waals surface area (Å²) >= 11 is 5.89. The van der Waals surface area contributed by atoms with Crippen LogP contribution in [0.25, 0.3) is 5.69 Å². The molecular weight excluding hydrogens is 412 g/mol. The second-order valence-corrected chi connectivity index (χ2v) is 8.74. The molecule has 2 aromatic carbocycles. The van der Waals surface area contributed by atoms with Crippen LogP contribution in [0, 0.1) is 20.8 Å². The molecule has 160 valence electrons. The first-order chi connectivity index (χ1) is 15.5. The van der Waals surface area contributed by atoms with Gasteiger partial charge in [0.05, 0.1) is 11.7 Å². The molecule has 0 bridgehead atoms. The van der Waals surface area contributed by atoms with Crippen LogP contribution in [0.2, 0.25) is 0 Å². The SMILES string of the molecule is Cc1ccc(N2C(=S)N[C@H](c3ccccn3)[C@@H]2c2cccn2-c2ccccc2C)cc1C. The van der Waals surface area contributed by atoms with E-state index >= 15 is 0 Å². The van der Waals surface area contributed by atoms with Crippen LogP contribution in [0.4, 0.5) is 5.69 Å². The highest BCUT2D eigenvalue weighted by Gasteiger charge is 2.42. The second kappa shape index (κ2) is 8.24. The number of para-hydroxylation sites is 1. The average Bonchev–Trinajstić information content (AvgIpc) is 3.41. The normalized spacial score (nSPS) is 18.1. The Labute approximate surface area is 194 Å². The summed E-state index contributed by atoms with van der Waals surface area (Å²) in [4.78, 5) is 6.92. The molecule has 4 nitrogen and oxygen atoms in total. The minimum Gasteiger partial charge on any atom is -0.351 e. The minimum absolute atomic E-state index is 0.0471. The molecule has 2 aromatic heterocycles. The van der Waals surface area contributed by atoms with Crippen molar-refractivity contribution in [2.75, 3.05) is 4.90 Å². The zero-order valence-electron chi connectivity index (χ0n) is 18.5. The van der Waals surface area contributed by atoms with Gasteiger partial charge in [-0.2, -0.15) is 0 Å². The highest BCUT2D eigenvalue weighted by Crippen LogP contribution is 2.42. The molecule has 3 heterocycles. The lowest BCUT2D eigenvalue weighted by Gasteiger charge is -2.29. The lowest BCUT2D eigenvalue weighted by Crippen LogP contribution is -2.30. The molecule has 0 aliphatic carbocycles. The fourth-order valence-corrected chi connectivity index (χ4v) is 4.84. The number of hydrogen-bond donors (Lipinski definition) is 1. The van der Waals surface area contributed by atoms with E-state index in [0.717, 1.165) is 11.4 Å². The van der Waals surface area contributed by atoms with E-state index in [4.69, 9.17) is 12.2 Å². The summed E-state index contributed by atoms with van der Waals surface area (Å²) in [6.45, 7) is 6.43. The Morgan fingerprint density at radius 1 is 0.844 bits per heavy atom. The maximum atomic E-state index is 5.89. The van der Waals surface area contributed by atoms with Crippen LogP contribution in [0.15, 0.2) is 85.2 Å². The smallest absolute Gasteiger partial charge is 0.174 e. The molecule has 32 heavy (non-hydrogen) atoms. The first-order valence-corrected chi connectivity index (χ1v) is 11.3. The summed E-state index contributed by atoms with van der Waals surface area (Å²) in [5, 5.41) is 4.28. The maximum Gasteiger partial charge on any atom is 0.174 e. The fourth-order valence-electron chi connectivity index (χ4n) is 4.50. The number of pyridine rings is 1. The molecule has 4 aromatic rings. The van der Waals surface area contributed by atoms with E-state index in [9.17, 15) is 0 Å². The zero-order valence-corrected chi connectivity index (χ0v) is 19.3. The van der Waals surface area contributed by atoms with Gasteiger partial charge < -0.3 is 14.8 Å². The number of aromatic nitrogens is 2. The predicted octanol–water partition coefficient (Wildman–Crippen LogP) is 5.97. The molecular formula is C27H26N4S. The number of aryl methyl sites for hydroxylation is 3. The second-order valence-electron chi connectivity index (χ2n) is 8.35. The van der Waals surface area contributed by atoms with Gasteiger partial charge in [0.2, 0.25) is 0 Å². The van der Waals surface area contributed by atoms with Gasteiger partial charge in [-0.3, -0.25) is 4.98 Å². The van der Waals surface area contributed by atoms with Crippen molar-refractivity contribution in [3.05, 3.63) is 113 Å².